The number of fused-ring (bicyclic) bond motifs is 1. The summed E-state index contributed by atoms with van der Waals surface area (Å²) in [4.78, 5) is 19.7. The number of ether oxygens (including phenoxy) is 1. The van der Waals surface area contributed by atoms with Gasteiger partial charge in [-0.15, -0.1) is 0 Å². The second-order valence-electron chi connectivity index (χ2n) is 6.87. The summed E-state index contributed by atoms with van der Waals surface area (Å²) in [6, 6.07) is 11.9. The number of rotatable bonds is 5. The Hall–Kier alpha value is -2.80. The van der Waals surface area contributed by atoms with Gasteiger partial charge in [0.05, 0.1) is 18.9 Å². The lowest BCUT2D eigenvalue weighted by Crippen LogP contribution is -2.36. The minimum atomic E-state index is -0.146. The Morgan fingerprint density at radius 1 is 1.21 bits per heavy atom. The first kappa shape index (κ1) is 18.6. The third-order valence-electron chi connectivity index (χ3n) is 5.07. The van der Waals surface area contributed by atoms with Crippen LogP contribution in [0.4, 0.5) is 5.69 Å². The summed E-state index contributed by atoms with van der Waals surface area (Å²) in [6.45, 7) is 5.80. The maximum Gasteiger partial charge on any atom is 0.270 e. The van der Waals surface area contributed by atoms with Crippen molar-refractivity contribution in [3.05, 3.63) is 59.5 Å². The van der Waals surface area contributed by atoms with E-state index >= 15 is 0 Å². The second-order valence-corrected chi connectivity index (χ2v) is 6.87. The van der Waals surface area contributed by atoms with E-state index in [9.17, 15) is 4.79 Å². The fourth-order valence-electron chi connectivity index (χ4n) is 3.53. The molecule has 0 saturated carbocycles. The number of benzene rings is 1. The lowest BCUT2D eigenvalue weighted by atomic mass is 9.98. The number of aromatic nitrogens is 2. The van der Waals surface area contributed by atoms with E-state index in [1.807, 2.05) is 19.2 Å². The molecule has 0 spiro atoms. The molecule has 1 fully saturated rings. The van der Waals surface area contributed by atoms with E-state index in [-0.39, 0.29) is 5.91 Å². The Kier molecular flexibility index (Phi) is 5.35. The van der Waals surface area contributed by atoms with Crippen LogP contribution in [0.2, 0.25) is 0 Å². The zero-order valence-corrected chi connectivity index (χ0v) is 16.0. The lowest BCUT2D eigenvalue weighted by Gasteiger charge is -2.28. The van der Waals surface area contributed by atoms with Gasteiger partial charge < -0.3 is 15.0 Å². The zero-order valence-electron chi connectivity index (χ0n) is 16.0. The Morgan fingerprint density at radius 2 is 1.96 bits per heavy atom. The molecule has 1 aliphatic rings. The van der Waals surface area contributed by atoms with Gasteiger partial charge >= 0.3 is 0 Å². The smallest absolute Gasteiger partial charge is 0.270 e. The van der Waals surface area contributed by atoms with Crippen molar-refractivity contribution in [1.29, 1.82) is 0 Å². The van der Waals surface area contributed by atoms with E-state index in [0.717, 1.165) is 37.6 Å². The van der Waals surface area contributed by atoms with Gasteiger partial charge in [-0.3, -0.25) is 9.20 Å². The number of hydrogen-bond acceptors (Lipinski definition) is 4. The molecule has 7 heteroatoms. The van der Waals surface area contributed by atoms with Crippen LogP contribution >= 0.6 is 0 Å². The molecule has 142 valence electrons. The van der Waals surface area contributed by atoms with Crippen LogP contribution in [0.15, 0.2) is 42.6 Å². The summed E-state index contributed by atoms with van der Waals surface area (Å²) in [6.07, 6.45) is 2.49. The van der Waals surface area contributed by atoms with Crippen LogP contribution < -0.4 is 15.7 Å². The standard InChI is InChI=1S/C21H23BN4O2/c1-2-18-19(26-9-3-4-17(22)20(26)24-18)21(27)23-14-15-5-7-16(8-6-15)25-10-12-28-13-11-25/h3-9H,2,10-14H2,1H3,(H,23,27). The molecule has 0 atom stereocenters. The number of anilines is 1. The molecule has 0 bridgehead atoms. The summed E-state index contributed by atoms with van der Waals surface area (Å²) in [5, 5.41) is 3.01. The average molecular weight is 374 g/mol. The van der Waals surface area contributed by atoms with Crippen molar-refractivity contribution in [2.75, 3.05) is 31.2 Å². The first-order valence-corrected chi connectivity index (χ1v) is 9.62. The van der Waals surface area contributed by atoms with Gasteiger partial charge in [-0.05, 0) is 30.2 Å². The second kappa shape index (κ2) is 8.06. The van der Waals surface area contributed by atoms with Crippen LogP contribution in [0.25, 0.3) is 5.65 Å². The van der Waals surface area contributed by atoms with E-state index in [2.05, 4.69) is 39.5 Å². The van der Waals surface area contributed by atoms with Gasteiger partial charge in [-0.1, -0.05) is 30.6 Å². The van der Waals surface area contributed by atoms with Gasteiger partial charge in [0.1, 0.15) is 19.2 Å². The maximum atomic E-state index is 12.9. The summed E-state index contributed by atoms with van der Waals surface area (Å²) < 4.78 is 7.17. The topological polar surface area (TPSA) is 58.9 Å². The van der Waals surface area contributed by atoms with Crippen molar-refractivity contribution < 1.29 is 9.53 Å². The molecule has 6 nitrogen and oxygen atoms in total. The van der Waals surface area contributed by atoms with Gasteiger partial charge in [0.25, 0.3) is 5.91 Å². The number of hydrogen-bond donors (Lipinski definition) is 1. The molecule has 1 N–H and O–H groups in total. The van der Waals surface area contributed by atoms with Crippen LogP contribution in [-0.2, 0) is 17.7 Å². The molecule has 2 aromatic heterocycles. The van der Waals surface area contributed by atoms with Crippen LogP contribution in [-0.4, -0.2) is 49.4 Å². The Labute approximate surface area is 165 Å². The molecular weight excluding hydrogens is 351 g/mol. The Bertz CT molecular complexity index is 978. The van der Waals surface area contributed by atoms with Crippen LogP contribution in [0.5, 0.6) is 0 Å². The molecule has 1 saturated heterocycles. The number of amides is 1. The van der Waals surface area contributed by atoms with Crippen molar-refractivity contribution in [3.8, 4) is 0 Å². The summed E-state index contributed by atoms with van der Waals surface area (Å²) in [7, 11) is 6.01. The van der Waals surface area contributed by atoms with E-state index in [0.29, 0.717) is 29.8 Å². The lowest BCUT2D eigenvalue weighted by molar-refractivity contribution is 0.0944. The molecule has 1 amide bonds. The number of imidazole rings is 1. The SMILES string of the molecule is [B]c1cccn2c(C(=O)NCc3ccc(N4CCOCC4)cc3)c(CC)nc12. The van der Waals surface area contributed by atoms with Gasteiger partial charge in [0.15, 0.2) is 0 Å². The molecule has 4 rings (SSSR count). The average Bonchev–Trinajstić information content (AvgIpc) is 3.13. The highest BCUT2D eigenvalue weighted by Gasteiger charge is 2.18. The number of nitrogens with zero attached hydrogens (tertiary/aromatic N) is 3. The molecule has 2 radical (unpaired) electrons. The quantitative estimate of drug-likeness (QED) is 0.687. The Morgan fingerprint density at radius 3 is 2.68 bits per heavy atom. The highest BCUT2D eigenvalue weighted by molar-refractivity contribution is 6.36. The van der Waals surface area contributed by atoms with E-state index in [4.69, 9.17) is 12.6 Å². The van der Waals surface area contributed by atoms with E-state index < -0.39 is 0 Å². The van der Waals surface area contributed by atoms with Crippen LogP contribution in [0.1, 0.15) is 28.7 Å². The van der Waals surface area contributed by atoms with Crippen molar-refractivity contribution in [2.24, 2.45) is 0 Å². The highest BCUT2D eigenvalue weighted by Crippen LogP contribution is 2.17. The fraction of sp³-hybridized carbons (Fsp3) is 0.333. The van der Waals surface area contributed by atoms with E-state index in [1.54, 1.807) is 10.5 Å². The van der Waals surface area contributed by atoms with Gasteiger partial charge in [-0.2, -0.15) is 0 Å². The molecule has 3 heterocycles. The van der Waals surface area contributed by atoms with E-state index in [1.165, 1.54) is 5.69 Å². The van der Waals surface area contributed by atoms with Crippen molar-refractivity contribution >= 4 is 30.6 Å². The minimum Gasteiger partial charge on any atom is -0.378 e. The first-order valence-electron chi connectivity index (χ1n) is 9.62. The molecule has 28 heavy (non-hydrogen) atoms. The number of aryl methyl sites for hydroxylation is 1. The third kappa shape index (κ3) is 3.62. The number of carbonyl (C=O) groups is 1. The highest BCUT2D eigenvalue weighted by atomic mass is 16.5. The van der Waals surface area contributed by atoms with Gasteiger partial charge in [-0.25, -0.2) is 4.98 Å². The minimum absolute atomic E-state index is 0.146. The van der Waals surface area contributed by atoms with Crippen LogP contribution in [0.3, 0.4) is 0 Å². The maximum absolute atomic E-state index is 12.9. The summed E-state index contributed by atoms with van der Waals surface area (Å²) in [5.74, 6) is -0.146. The monoisotopic (exact) mass is 374 g/mol. The predicted octanol–water partition coefficient (Wildman–Crippen LogP) is 1.46. The molecule has 3 aromatic rings. The van der Waals surface area contributed by atoms with Gasteiger partial charge in [0.2, 0.25) is 0 Å². The predicted molar refractivity (Wildman–Crippen MR) is 111 cm³/mol. The Balaban J connectivity index is 1.47. The number of morpholine rings is 1. The molecule has 0 unspecified atom stereocenters. The third-order valence-corrected chi connectivity index (χ3v) is 5.07. The summed E-state index contributed by atoms with van der Waals surface area (Å²) in [5.41, 5.74) is 4.72. The van der Waals surface area contributed by atoms with Crippen molar-refractivity contribution in [3.63, 3.8) is 0 Å². The first-order chi connectivity index (χ1) is 13.7. The molecule has 1 aliphatic heterocycles. The summed E-state index contributed by atoms with van der Waals surface area (Å²) >= 11 is 0. The zero-order chi connectivity index (χ0) is 19.5. The molecule has 1 aromatic carbocycles. The number of pyridine rings is 1. The van der Waals surface area contributed by atoms with Crippen molar-refractivity contribution in [1.82, 2.24) is 14.7 Å². The largest absolute Gasteiger partial charge is 0.378 e. The fourth-order valence-corrected chi connectivity index (χ4v) is 3.53. The van der Waals surface area contributed by atoms with Crippen LogP contribution in [0, 0.1) is 0 Å². The van der Waals surface area contributed by atoms with Gasteiger partial charge in [0, 0.05) is 31.5 Å². The number of nitrogens with one attached hydrogen (secondary N) is 1. The molecular formula is C21H23BN4O2. The van der Waals surface area contributed by atoms with Crippen molar-refractivity contribution in [2.45, 2.75) is 19.9 Å². The number of carbonyl (C=O) groups excluding carboxylic acids is 1. The normalized spacial score (nSPS) is 14.4. The molecule has 0 aliphatic carbocycles.